The van der Waals surface area contributed by atoms with Gasteiger partial charge in [0.25, 0.3) is 10.0 Å². The van der Waals surface area contributed by atoms with Crippen molar-refractivity contribution < 1.29 is 13.2 Å². The molecule has 0 aromatic carbocycles. The summed E-state index contributed by atoms with van der Waals surface area (Å²) in [6, 6.07) is 0. The molecule has 6 nitrogen and oxygen atoms in total. The van der Waals surface area contributed by atoms with E-state index in [0.29, 0.717) is 37.7 Å². The highest BCUT2D eigenvalue weighted by molar-refractivity contribution is 7.89. The Morgan fingerprint density at radius 1 is 1.40 bits per heavy atom. The summed E-state index contributed by atoms with van der Waals surface area (Å²) in [6.45, 7) is 7.48. The van der Waals surface area contributed by atoms with E-state index in [-0.39, 0.29) is 0 Å². The van der Waals surface area contributed by atoms with Gasteiger partial charge in [-0.15, -0.1) is 16.2 Å². The maximum Gasteiger partial charge on any atom is 0.254 e. The summed E-state index contributed by atoms with van der Waals surface area (Å²) in [5.41, 5.74) is 0.795. The van der Waals surface area contributed by atoms with Crippen LogP contribution in [0.4, 0.5) is 0 Å². The zero-order valence-corrected chi connectivity index (χ0v) is 13.4. The van der Waals surface area contributed by atoms with E-state index in [1.165, 1.54) is 11.3 Å². The van der Waals surface area contributed by atoms with E-state index in [4.69, 9.17) is 4.74 Å². The van der Waals surface area contributed by atoms with Crippen LogP contribution in [0.2, 0.25) is 0 Å². The van der Waals surface area contributed by atoms with Gasteiger partial charge in [-0.25, -0.2) is 13.4 Å². The zero-order chi connectivity index (χ0) is 14.6. The first kappa shape index (κ1) is 15.9. The number of hydrogen-bond acceptors (Lipinski definition) is 6. The number of rotatable bonds is 6. The van der Waals surface area contributed by atoms with Crippen LogP contribution in [0, 0.1) is 6.92 Å². The molecular formula is C12H21N3O3S2. The van der Waals surface area contributed by atoms with Crippen molar-refractivity contribution in [3.63, 3.8) is 0 Å². The molecule has 0 bridgehead atoms. The topological polar surface area (TPSA) is 70.7 Å². The molecule has 20 heavy (non-hydrogen) atoms. The van der Waals surface area contributed by atoms with Crippen LogP contribution in [0.5, 0.6) is 0 Å². The second-order valence-corrected chi connectivity index (χ2v) is 7.21. The first-order chi connectivity index (χ1) is 9.54. The average molecular weight is 319 g/mol. The first-order valence-corrected chi connectivity index (χ1v) is 9.03. The van der Waals surface area contributed by atoms with Crippen LogP contribution in [-0.4, -0.2) is 46.3 Å². The second-order valence-electron chi connectivity index (χ2n) is 4.65. The standard InChI is InChI=1S/C12H21N3O3S2/c1-3-13-8-11-12(10(2)9-19-11)20(16,17)14-15-4-6-18-7-5-15/h9,13-14H,3-8H2,1-2H3. The van der Waals surface area contributed by atoms with Crippen molar-refractivity contribution in [1.29, 1.82) is 0 Å². The monoisotopic (exact) mass is 319 g/mol. The van der Waals surface area contributed by atoms with E-state index < -0.39 is 10.0 Å². The molecule has 0 spiro atoms. The molecule has 2 heterocycles. The lowest BCUT2D eigenvalue weighted by molar-refractivity contribution is 0.0272. The molecule has 2 N–H and O–H groups in total. The number of sulfonamides is 1. The van der Waals surface area contributed by atoms with Crippen molar-refractivity contribution in [1.82, 2.24) is 15.2 Å². The quantitative estimate of drug-likeness (QED) is 0.807. The summed E-state index contributed by atoms with van der Waals surface area (Å²) in [4.78, 5) is 3.92. The molecule has 8 heteroatoms. The highest BCUT2D eigenvalue weighted by Gasteiger charge is 2.25. The molecule has 0 amide bonds. The van der Waals surface area contributed by atoms with Crippen LogP contribution in [-0.2, 0) is 21.3 Å². The van der Waals surface area contributed by atoms with E-state index >= 15 is 0 Å². The van der Waals surface area contributed by atoms with Gasteiger partial charge in [0.1, 0.15) is 4.90 Å². The van der Waals surface area contributed by atoms with Crippen molar-refractivity contribution >= 4 is 21.4 Å². The van der Waals surface area contributed by atoms with Crippen LogP contribution in [0.1, 0.15) is 17.4 Å². The third-order valence-corrected chi connectivity index (χ3v) is 5.89. The van der Waals surface area contributed by atoms with Gasteiger partial charge < -0.3 is 10.1 Å². The summed E-state index contributed by atoms with van der Waals surface area (Å²) in [7, 11) is -3.52. The van der Waals surface area contributed by atoms with Gasteiger partial charge in [-0.3, -0.25) is 0 Å². The van der Waals surface area contributed by atoms with Gasteiger partial charge in [-0.1, -0.05) is 6.92 Å². The number of aryl methyl sites for hydroxylation is 1. The molecule has 0 unspecified atom stereocenters. The number of ether oxygens (including phenoxy) is 1. The molecule has 2 rings (SSSR count). The lowest BCUT2D eigenvalue weighted by Gasteiger charge is -2.27. The molecular weight excluding hydrogens is 298 g/mol. The number of hydrogen-bond donors (Lipinski definition) is 2. The van der Waals surface area contributed by atoms with Crippen LogP contribution < -0.4 is 10.1 Å². The summed E-state index contributed by atoms with van der Waals surface area (Å²) in [5, 5.41) is 6.77. The number of nitrogens with one attached hydrogen (secondary N) is 2. The van der Waals surface area contributed by atoms with Gasteiger partial charge in [-0.05, 0) is 24.4 Å². The van der Waals surface area contributed by atoms with Crippen molar-refractivity contribution in [3.05, 3.63) is 15.8 Å². The van der Waals surface area contributed by atoms with Crippen molar-refractivity contribution in [2.75, 3.05) is 32.8 Å². The lowest BCUT2D eigenvalue weighted by atomic mass is 10.3. The number of nitrogens with zero attached hydrogens (tertiary/aromatic N) is 1. The Bertz CT molecular complexity index is 536. The molecule has 1 aromatic heterocycles. The Balaban J connectivity index is 2.17. The SMILES string of the molecule is CCNCc1scc(C)c1S(=O)(=O)NN1CCOCC1. The molecule has 0 aliphatic carbocycles. The lowest BCUT2D eigenvalue weighted by Crippen LogP contribution is -2.48. The maximum atomic E-state index is 12.6. The van der Waals surface area contributed by atoms with Crippen LogP contribution in [0.15, 0.2) is 10.3 Å². The van der Waals surface area contributed by atoms with Gasteiger partial charge >= 0.3 is 0 Å². The Morgan fingerprint density at radius 2 is 2.10 bits per heavy atom. The fourth-order valence-electron chi connectivity index (χ4n) is 2.08. The molecule has 114 valence electrons. The summed E-state index contributed by atoms with van der Waals surface area (Å²) < 4.78 is 30.3. The molecule has 0 radical (unpaired) electrons. The van der Waals surface area contributed by atoms with E-state index in [1.807, 2.05) is 19.2 Å². The Kier molecular flexibility index (Phi) is 5.53. The smallest absolute Gasteiger partial charge is 0.254 e. The van der Waals surface area contributed by atoms with Gasteiger partial charge in [0.15, 0.2) is 0 Å². The van der Waals surface area contributed by atoms with Crippen molar-refractivity contribution in [2.24, 2.45) is 0 Å². The molecule has 1 aromatic rings. The molecule has 0 saturated carbocycles. The number of hydrazine groups is 1. The van der Waals surface area contributed by atoms with Crippen LogP contribution in [0.25, 0.3) is 0 Å². The minimum atomic E-state index is -3.52. The summed E-state index contributed by atoms with van der Waals surface area (Å²) >= 11 is 1.48. The largest absolute Gasteiger partial charge is 0.379 e. The van der Waals surface area contributed by atoms with Gasteiger partial charge in [0, 0.05) is 24.5 Å². The first-order valence-electron chi connectivity index (χ1n) is 6.67. The summed E-state index contributed by atoms with van der Waals surface area (Å²) in [5.74, 6) is 0. The van der Waals surface area contributed by atoms with E-state index in [9.17, 15) is 8.42 Å². The van der Waals surface area contributed by atoms with E-state index in [0.717, 1.165) is 17.0 Å². The summed E-state index contributed by atoms with van der Waals surface area (Å²) in [6.07, 6.45) is 0. The predicted octanol–water partition coefficient (Wildman–Crippen LogP) is 0.692. The van der Waals surface area contributed by atoms with Crippen LogP contribution >= 0.6 is 11.3 Å². The average Bonchev–Trinajstić information content (AvgIpc) is 2.79. The predicted molar refractivity (Wildman–Crippen MR) is 79.2 cm³/mol. The molecule has 1 aliphatic rings. The van der Waals surface area contributed by atoms with E-state index in [2.05, 4.69) is 10.1 Å². The fraction of sp³-hybridized carbons (Fsp3) is 0.667. The minimum Gasteiger partial charge on any atom is -0.379 e. The fourth-order valence-corrected chi connectivity index (χ4v) is 4.99. The Morgan fingerprint density at radius 3 is 2.75 bits per heavy atom. The van der Waals surface area contributed by atoms with Crippen LogP contribution in [0.3, 0.4) is 0 Å². The van der Waals surface area contributed by atoms with Crippen molar-refractivity contribution in [3.8, 4) is 0 Å². The van der Waals surface area contributed by atoms with Gasteiger partial charge in [0.2, 0.25) is 0 Å². The number of thiophene rings is 1. The van der Waals surface area contributed by atoms with Gasteiger partial charge in [-0.2, -0.15) is 0 Å². The second kappa shape index (κ2) is 6.97. The highest BCUT2D eigenvalue weighted by Crippen LogP contribution is 2.26. The molecule has 1 saturated heterocycles. The third kappa shape index (κ3) is 3.78. The zero-order valence-electron chi connectivity index (χ0n) is 11.8. The van der Waals surface area contributed by atoms with E-state index in [1.54, 1.807) is 5.01 Å². The maximum absolute atomic E-state index is 12.6. The minimum absolute atomic E-state index is 0.412. The highest BCUT2D eigenvalue weighted by atomic mass is 32.2. The van der Waals surface area contributed by atoms with Gasteiger partial charge in [0.05, 0.1) is 13.2 Å². The number of morpholine rings is 1. The molecule has 0 atom stereocenters. The third-order valence-electron chi connectivity index (χ3n) is 3.05. The normalized spacial score (nSPS) is 17.5. The molecule has 1 aliphatic heterocycles. The van der Waals surface area contributed by atoms with Crippen molar-refractivity contribution in [2.45, 2.75) is 25.3 Å². The Labute approximate surface area is 124 Å². The molecule has 1 fully saturated rings. The Hall–Kier alpha value is -0.510.